The molecule has 29 heavy (non-hydrogen) atoms. The molecular weight excluding hydrogens is 348 g/mol. The van der Waals surface area contributed by atoms with E-state index in [1.807, 2.05) is 0 Å². The van der Waals surface area contributed by atoms with Crippen LogP contribution in [0.2, 0.25) is 0 Å². The molecule has 0 N–H and O–H groups in total. The van der Waals surface area contributed by atoms with Crippen molar-refractivity contribution in [2.24, 2.45) is 5.92 Å². The van der Waals surface area contributed by atoms with Crippen molar-refractivity contribution >= 4 is 0 Å². The summed E-state index contributed by atoms with van der Waals surface area (Å²) in [6, 6.07) is 17.2. The molecule has 0 radical (unpaired) electrons. The van der Waals surface area contributed by atoms with Crippen LogP contribution in [0.25, 0.3) is 0 Å². The van der Waals surface area contributed by atoms with Gasteiger partial charge in [-0.25, -0.2) is 0 Å². The maximum Gasteiger partial charge on any atom is 0.0249 e. The van der Waals surface area contributed by atoms with Gasteiger partial charge in [0.2, 0.25) is 0 Å². The zero-order chi connectivity index (χ0) is 20.3. The molecule has 0 amide bonds. The molecule has 0 unspecified atom stereocenters. The van der Waals surface area contributed by atoms with Gasteiger partial charge in [-0.15, -0.1) is 0 Å². The van der Waals surface area contributed by atoms with Crippen LogP contribution in [-0.4, -0.2) is 0 Å². The summed E-state index contributed by atoms with van der Waals surface area (Å²) in [4.78, 5) is 0. The van der Waals surface area contributed by atoms with E-state index >= 15 is 0 Å². The minimum Gasteiger partial charge on any atom is -0.0979 e. The molecule has 0 heterocycles. The Labute approximate surface area is 178 Å². The van der Waals surface area contributed by atoms with Crippen molar-refractivity contribution < 1.29 is 0 Å². The summed E-state index contributed by atoms with van der Waals surface area (Å²) in [5, 5.41) is 0. The van der Waals surface area contributed by atoms with Crippen molar-refractivity contribution in [1.29, 1.82) is 0 Å². The summed E-state index contributed by atoms with van der Waals surface area (Å²) in [6.45, 7) is 4.55. The van der Waals surface area contributed by atoms with Gasteiger partial charge in [-0.05, 0) is 85.9 Å². The Bertz CT molecular complexity index is 854. The Morgan fingerprint density at radius 2 is 1.24 bits per heavy atom. The minimum atomic E-state index is 0.746. The first-order valence-corrected chi connectivity index (χ1v) is 11.5. The molecule has 1 saturated carbocycles. The molecule has 1 aliphatic carbocycles. The van der Waals surface area contributed by atoms with Gasteiger partial charge < -0.3 is 0 Å². The maximum absolute atomic E-state index is 3.31. The van der Waals surface area contributed by atoms with Gasteiger partial charge in [0.25, 0.3) is 0 Å². The number of rotatable bonds is 5. The molecule has 0 aromatic heterocycles. The van der Waals surface area contributed by atoms with Gasteiger partial charge in [0, 0.05) is 23.1 Å². The van der Waals surface area contributed by atoms with Gasteiger partial charge >= 0.3 is 0 Å². The van der Waals surface area contributed by atoms with Gasteiger partial charge in [-0.2, -0.15) is 0 Å². The van der Waals surface area contributed by atoms with Crippen LogP contribution in [0.15, 0.2) is 48.5 Å². The molecule has 3 rings (SSSR count). The van der Waals surface area contributed by atoms with Crippen LogP contribution in [0.3, 0.4) is 0 Å². The van der Waals surface area contributed by atoms with Crippen LogP contribution < -0.4 is 0 Å². The summed E-state index contributed by atoms with van der Waals surface area (Å²) in [7, 11) is 0. The van der Waals surface area contributed by atoms with Crippen molar-refractivity contribution in [2.75, 3.05) is 0 Å². The Hall–Kier alpha value is -2.44. The number of hydrogen-bond donors (Lipinski definition) is 0. The predicted octanol–water partition coefficient (Wildman–Crippen LogP) is 7.70. The highest BCUT2D eigenvalue weighted by atomic mass is 14.3. The zero-order valence-electron chi connectivity index (χ0n) is 18.1. The Balaban J connectivity index is 1.54. The molecule has 0 atom stereocenters. The smallest absolute Gasteiger partial charge is 0.0249 e. The fraction of sp³-hybridized carbons (Fsp3) is 0.448. The molecule has 2 aromatic rings. The molecular formula is C29H34. The lowest BCUT2D eigenvalue weighted by molar-refractivity contribution is 0.319. The van der Waals surface area contributed by atoms with Crippen molar-refractivity contribution in [2.45, 2.75) is 77.6 Å². The van der Waals surface area contributed by atoms with Crippen LogP contribution in [-0.2, 0) is 0 Å². The fourth-order valence-corrected chi connectivity index (χ4v) is 4.15. The lowest BCUT2D eigenvalue weighted by Crippen LogP contribution is -2.12. The van der Waals surface area contributed by atoms with E-state index in [4.69, 9.17) is 0 Å². The van der Waals surface area contributed by atoms with Crippen LogP contribution in [0, 0.1) is 29.6 Å². The second-order valence-corrected chi connectivity index (χ2v) is 8.33. The molecule has 0 aliphatic heterocycles. The van der Waals surface area contributed by atoms with E-state index in [-0.39, 0.29) is 0 Å². The third kappa shape index (κ3) is 6.84. The SMILES string of the molecule is CCCCCC#Cc1ccc(C#Cc2ccc(C3CCC(CC)CC3)cc2)cc1. The quantitative estimate of drug-likeness (QED) is 0.367. The normalized spacial score (nSPS) is 18.3. The predicted molar refractivity (Wildman–Crippen MR) is 125 cm³/mol. The molecule has 1 fully saturated rings. The van der Waals surface area contributed by atoms with Gasteiger partial charge in [0.15, 0.2) is 0 Å². The second kappa shape index (κ2) is 11.5. The molecule has 0 nitrogen and oxygen atoms in total. The van der Waals surface area contributed by atoms with Crippen LogP contribution in [0.1, 0.15) is 99.8 Å². The van der Waals surface area contributed by atoms with E-state index < -0.39 is 0 Å². The van der Waals surface area contributed by atoms with E-state index in [1.165, 1.54) is 56.9 Å². The molecule has 2 aromatic carbocycles. The molecule has 1 aliphatic rings. The summed E-state index contributed by atoms with van der Waals surface area (Å²) >= 11 is 0. The fourth-order valence-electron chi connectivity index (χ4n) is 4.15. The lowest BCUT2D eigenvalue weighted by atomic mass is 9.78. The molecule has 0 heteroatoms. The average Bonchev–Trinajstić information content (AvgIpc) is 2.79. The van der Waals surface area contributed by atoms with Crippen LogP contribution in [0.4, 0.5) is 0 Å². The van der Waals surface area contributed by atoms with Gasteiger partial charge in [-0.1, -0.05) is 68.9 Å². The van der Waals surface area contributed by atoms with Crippen molar-refractivity contribution in [3.8, 4) is 23.7 Å². The Morgan fingerprint density at radius 3 is 1.79 bits per heavy atom. The molecule has 150 valence electrons. The third-order valence-electron chi connectivity index (χ3n) is 6.18. The van der Waals surface area contributed by atoms with E-state index in [2.05, 4.69) is 86.1 Å². The summed E-state index contributed by atoms with van der Waals surface area (Å²) in [5.41, 5.74) is 4.71. The average molecular weight is 383 g/mol. The first-order valence-electron chi connectivity index (χ1n) is 11.5. The lowest BCUT2D eigenvalue weighted by Gasteiger charge is -2.28. The van der Waals surface area contributed by atoms with Crippen LogP contribution in [0.5, 0.6) is 0 Å². The van der Waals surface area contributed by atoms with E-state index in [0.29, 0.717) is 0 Å². The van der Waals surface area contributed by atoms with Crippen LogP contribution >= 0.6 is 0 Å². The third-order valence-corrected chi connectivity index (χ3v) is 6.18. The standard InChI is InChI=1S/C29H34/c1-3-5-6-7-8-9-25-10-12-26(13-11-25)14-15-27-18-22-29(23-19-27)28-20-16-24(4-2)17-21-28/h10-13,18-19,22-24,28H,3-7,16-17,20-21H2,1-2H3. The number of unbranched alkanes of at least 4 members (excludes halogenated alkanes) is 3. The van der Waals surface area contributed by atoms with Crippen molar-refractivity contribution in [1.82, 2.24) is 0 Å². The highest BCUT2D eigenvalue weighted by molar-refractivity contribution is 5.46. The number of benzene rings is 2. The summed E-state index contributed by atoms with van der Waals surface area (Å²) < 4.78 is 0. The first-order chi connectivity index (χ1) is 14.3. The zero-order valence-corrected chi connectivity index (χ0v) is 18.1. The minimum absolute atomic E-state index is 0.746. The number of hydrogen-bond acceptors (Lipinski definition) is 0. The van der Waals surface area contributed by atoms with Gasteiger partial charge in [0.05, 0.1) is 0 Å². The van der Waals surface area contributed by atoms with E-state index in [1.54, 1.807) is 0 Å². The Kier molecular flexibility index (Phi) is 8.46. The first kappa shape index (κ1) is 21.3. The molecule has 0 spiro atoms. The highest BCUT2D eigenvalue weighted by Gasteiger charge is 2.20. The van der Waals surface area contributed by atoms with Crippen molar-refractivity contribution in [3.05, 3.63) is 70.8 Å². The second-order valence-electron chi connectivity index (χ2n) is 8.33. The van der Waals surface area contributed by atoms with Gasteiger partial charge in [0.1, 0.15) is 0 Å². The van der Waals surface area contributed by atoms with E-state index in [9.17, 15) is 0 Å². The Morgan fingerprint density at radius 1 is 0.690 bits per heavy atom. The summed E-state index contributed by atoms with van der Waals surface area (Å²) in [6.07, 6.45) is 11.5. The highest BCUT2D eigenvalue weighted by Crippen LogP contribution is 2.36. The largest absolute Gasteiger partial charge is 0.0979 e. The summed E-state index contributed by atoms with van der Waals surface area (Å²) in [5.74, 6) is 14.8. The molecule has 0 saturated heterocycles. The van der Waals surface area contributed by atoms with Gasteiger partial charge in [-0.3, -0.25) is 0 Å². The monoisotopic (exact) mass is 382 g/mol. The molecule has 0 bridgehead atoms. The topological polar surface area (TPSA) is 0 Å². The van der Waals surface area contributed by atoms with E-state index in [0.717, 1.165) is 34.9 Å². The maximum atomic E-state index is 3.31. The van der Waals surface area contributed by atoms with Crippen molar-refractivity contribution in [3.63, 3.8) is 0 Å².